The van der Waals surface area contributed by atoms with Crippen LogP contribution >= 0.6 is 0 Å². The van der Waals surface area contributed by atoms with E-state index in [9.17, 15) is 0 Å². The average molecular weight is 283 g/mol. The fraction of sp³-hybridized carbons (Fsp3) is 0.375. The summed E-state index contributed by atoms with van der Waals surface area (Å²) in [5.41, 5.74) is 7.05. The van der Waals surface area contributed by atoms with Crippen LogP contribution in [0.3, 0.4) is 0 Å². The van der Waals surface area contributed by atoms with Gasteiger partial charge in [-0.1, -0.05) is 37.3 Å². The van der Waals surface area contributed by atoms with Gasteiger partial charge in [-0.05, 0) is 11.5 Å². The van der Waals surface area contributed by atoms with Crippen LogP contribution in [0.15, 0.2) is 42.7 Å². The minimum absolute atomic E-state index is 0.392. The number of nitrogens with one attached hydrogen (secondary N) is 1. The molecule has 1 fully saturated rings. The molecule has 5 nitrogen and oxygen atoms in total. The predicted molar refractivity (Wildman–Crippen MR) is 84.7 cm³/mol. The maximum absolute atomic E-state index is 5.70. The number of benzene rings is 1. The number of hydrogen-bond acceptors (Lipinski definition) is 5. The molecule has 2 atom stereocenters. The zero-order valence-electron chi connectivity index (χ0n) is 12.2. The number of rotatable bonds is 4. The summed E-state index contributed by atoms with van der Waals surface area (Å²) in [5, 5.41) is 3.47. The van der Waals surface area contributed by atoms with Gasteiger partial charge in [-0.15, -0.1) is 0 Å². The van der Waals surface area contributed by atoms with Crippen LogP contribution in [0.1, 0.15) is 12.5 Å². The van der Waals surface area contributed by atoms with E-state index in [-0.39, 0.29) is 0 Å². The number of nitrogens with zero attached hydrogens (tertiary/aromatic N) is 3. The van der Waals surface area contributed by atoms with Crippen LogP contribution in [0, 0.1) is 5.92 Å². The Bertz CT molecular complexity index is 586. The molecule has 21 heavy (non-hydrogen) atoms. The van der Waals surface area contributed by atoms with Gasteiger partial charge in [0.05, 0.1) is 0 Å². The smallest absolute Gasteiger partial charge is 0.131 e. The molecule has 2 aromatic rings. The van der Waals surface area contributed by atoms with Gasteiger partial charge in [-0.25, -0.2) is 9.97 Å². The van der Waals surface area contributed by atoms with Gasteiger partial charge in [-0.3, -0.25) is 4.90 Å². The summed E-state index contributed by atoms with van der Waals surface area (Å²) >= 11 is 0. The second-order valence-electron chi connectivity index (χ2n) is 5.74. The summed E-state index contributed by atoms with van der Waals surface area (Å²) in [6.45, 7) is 5.37. The number of hydrogen-bond donors (Lipinski definition) is 2. The molecule has 5 heteroatoms. The van der Waals surface area contributed by atoms with E-state index in [1.807, 2.05) is 0 Å². The molecule has 1 aliphatic rings. The minimum Gasteiger partial charge on any atom is -0.384 e. The van der Waals surface area contributed by atoms with E-state index < -0.39 is 0 Å². The van der Waals surface area contributed by atoms with Gasteiger partial charge in [0.1, 0.15) is 18.0 Å². The summed E-state index contributed by atoms with van der Waals surface area (Å²) in [7, 11) is 0. The highest BCUT2D eigenvalue weighted by atomic mass is 15.2. The Morgan fingerprint density at radius 3 is 2.81 bits per heavy atom. The number of nitrogens with two attached hydrogens (primary N) is 1. The quantitative estimate of drug-likeness (QED) is 0.898. The van der Waals surface area contributed by atoms with Gasteiger partial charge in [0.25, 0.3) is 0 Å². The molecule has 0 saturated carbocycles. The Morgan fingerprint density at radius 2 is 2.05 bits per heavy atom. The van der Waals surface area contributed by atoms with Gasteiger partial charge in [-0.2, -0.15) is 0 Å². The lowest BCUT2D eigenvalue weighted by Gasteiger charge is -2.18. The molecule has 1 aliphatic heterocycles. The number of nitrogen functional groups attached to an aromatic ring is 1. The number of anilines is 2. The molecular formula is C16H21N5. The molecule has 0 radical (unpaired) electrons. The molecule has 110 valence electrons. The first kappa shape index (κ1) is 13.8. The van der Waals surface area contributed by atoms with Crippen LogP contribution in [0.4, 0.5) is 11.6 Å². The number of aromatic nitrogens is 2. The molecule has 1 aromatic carbocycles. The van der Waals surface area contributed by atoms with Crippen molar-refractivity contribution < 1.29 is 0 Å². The lowest BCUT2D eigenvalue weighted by molar-refractivity contribution is 0.319. The largest absolute Gasteiger partial charge is 0.384 e. The highest BCUT2D eigenvalue weighted by Crippen LogP contribution is 2.22. The maximum atomic E-state index is 5.70. The Hall–Kier alpha value is -2.14. The maximum Gasteiger partial charge on any atom is 0.131 e. The van der Waals surface area contributed by atoms with Crippen LogP contribution < -0.4 is 11.1 Å². The summed E-state index contributed by atoms with van der Waals surface area (Å²) in [6, 6.07) is 12.8. The van der Waals surface area contributed by atoms with Gasteiger partial charge >= 0.3 is 0 Å². The Morgan fingerprint density at radius 1 is 1.24 bits per heavy atom. The zero-order valence-corrected chi connectivity index (χ0v) is 12.2. The normalized spacial score (nSPS) is 22.3. The van der Waals surface area contributed by atoms with Gasteiger partial charge < -0.3 is 11.1 Å². The highest BCUT2D eigenvalue weighted by molar-refractivity contribution is 5.44. The standard InChI is InChI=1S/C16H21N5/c1-12-8-21(9-13-5-3-2-4-6-13)10-14(12)20-16-7-15(17)18-11-19-16/h2-7,11-12,14H,8-10H2,1H3,(H3,17,18,19,20). The van der Waals surface area contributed by atoms with Crippen molar-refractivity contribution in [3.8, 4) is 0 Å². The van der Waals surface area contributed by atoms with Crippen LogP contribution in [-0.2, 0) is 6.54 Å². The van der Waals surface area contributed by atoms with E-state index in [2.05, 4.69) is 57.4 Å². The average Bonchev–Trinajstić information content (AvgIpc) is 2.80. The fourth-order valence-electron chi connectivity index (χ4n) is 2.87. The predicted octanol–water partition coefficient (Wildman–Crippen LogP) is 1.99. The summed E-state index contributed by atoms with van der Waals surface area (Å²) in [5.74, 6) is 1.88. The second-order valence-corrected chi connectivity index (χ2v) is 5.74. The molecule has 0 aliphatic carbocycles. The third kappa shape index (κ3) is 3.49. The summed E-state index contributed by atoms with van der Waals surface area (Å²) in [6.07, 6.45) is 1.50. The van der Waals surface area contributed by atoms with Crippen molar-refractivity contribution >= 4 is 11.6 Å². The van der Waals surface area contributed by atoms with Crippen molar-refractivity contribution in [2.75, 3.05) is 24.1 Å². The van der Waals surface area contributed by atoms with E-state index in [0.29, 0.717) is 17.8 Å². The third-order valence-corrected chi connectivity index (χ3v) is 3.96. The fourth-order valence-corrected chi connectivity index (χ4v) is 2.87. The second kappa shape index (κ2) is 6.10. The van der Waals surface area contributed by atoms with Crippen LogP contribution in [0.2, 0.25) is 0 Å². The van der Waals surface area contributed by atoms with Crippen molar-refractivity contribution in [1.82, 2.24) is 14.9 Å². The monoisotopic (exact) mass is 283 g/mol. The third-order valence-electron chi connectivity index (χ3n) is 3.96. The molecule has 2 unspecified atom stereocenters. The molecule has 0 spiro atoms. The van der Waals surface area contributed by atoms with Gasteiger partial charge in [0.15, 0.2) is 0 Å². The Labute approximate surface area is 125 Å². The van der Waals surface area contributed by atoms with Crippen LogP contribution in [0.5, 0.6) is 0 Å². The van der Waals surface area contributed by atoms with E-state index >= 15 is 0 Å². The van der Waals surface area contributed by atoms with Crippen molar-refractivity contribution in [2.45, 2.75) is 19.5 Å². The first-order chi connectivity index (χ1) is 10.2. The molecule has 0 bridgehead atoms. The number of likely N-dealkylation sites (tertiary alicyclic amines) is 1. The van der Waals surface area contributed by atoms with E-state index in [1.165, 1.54) is 11.9 Å². The lowest BCUT2D eigenvalue weighted by atomic mass is 10.1. The van der Waals surface area contributed by atoms with Crippen LogP contribution in [0.25, 0.3) is 0 Å². The molecule has 3 rings (SSSR count). The van der Waals surface area contributed by atoms with E-state index in [1.54, 1.807) is 6.07 Å². The molecule has 1 saturated heterocycles. The zero-order chi connectivity index (χ0) is 14.7. The molecular weight excluding hydrogens is 262 g/mol. The van der Waals surface area contributed by atoms with E-state index in [0.717, 1.165) is 25.5 Å². The minimum atomic E-state index is 0.392. The lowest BCUT2D eigenvalue weighted by Crippen LogP contribution is -2.28. The van der Waals surface area contributed by atoms with Gasteiger partial charge in [0.2, 0.25) is 0 Å². The highest BCUT2D eigenvalue weighted by Gasteiger charge is 2.29. The van der Waals surface area contributed by atoms with Gasteiger partial charge in [0, 0.05) is 31.7 Å². The molecule has 2 heterocycles. The molecule has 1 aromatic heterocycles. The molecule has 3 N–H and O–H groups in total. The summed E-state index contributed by atoms with van der Waals surface area (Å²) < 4.78 is 0. The topological polar surface area (TPSA) is 67.1 Å². The summed E-state index contributed by atoms with van der Waals surface area (Å²) in [4.78, 5) is 10.6. The first-order valence-corrected chi connectivity index (χ1v) is 7.31. The van der Waals surface area contributed by atoms with E-state index in [4.69, 9.17) is 5.73 Å². The van der Waals surface area contributed by atoms with Crippen molar-refractivity contribution in [1.29, 1.82) is 0 Å². The Kier molecular flexibility index (Phi) is 4.01. The molecule has 0 amide bonds. The Balaban J connectivity index is 1.61. The van der Waals surface area contributed by atoms with Crippen LogP contribution in [-0.4, -0.2) is 34.0 Å². The SMILES string of the molecule is CC1CN(Cc2ccccc2)CC1Nc1cc(N)ncn1. The first-order valence-electron chi connectivity index (χ1n) is 7.31. The van der Waals surface area contributed by atoms with Crippen molar-refractivity contribution in [3.63, 3.8) is 0 Å². The van der Waals surface area contributed by atoms with Crippen molar-refractivity contribution in [3.05, 3.63) is 48.3 Å². The van der Waals surface area contributed by atoms with Crippen molar-refractivity contribution in [2.24, 2.45) is 5.92 Å².